The van der Waals surface area contributed by atoms with Gasteiger partial charge in [0.05, 0.1) is 5.39 Å². The fourth-order valence-corrected chi connectivity index (χ4v) is 4.97. The van der Waals surface area contributed by atoms with Gasteiger partial charge < -0.3 is 5.11 Å². The molecule has 2 aromatic heterocycles. The number of hydrogen-bond acceptors (Lipinski definition) is 5. The molecule has 0 bridgehead atoms. The maximum absolute atomic E-state index is 11.1. The van der Waals surface area contributed by atoms with E-state index in [1.165, 1.54) is 16.0 Å². The highest BCUT2D eigenvalue weighted by Crippen LogP contribution is 2.42. The third-order valence-corrected chi connectivity index (χ3v) is 6.76. The van der Waals surface area contributed by atoms with Crippen molar-refractivity contribution in [3.05, 3.63) is 39.4 Å². The van der Waals surface area contributed by atoms with E-state index < -0.39 is 11.2 Å². The first-order valence-electron chi connectivity index (χ1n) is 8.27. The van der Waals surface area contributed by atoms with E-state index in [1.807, 2.05) is 0 Å². The van der Waals surface area contributed by atoms with Crippen molar-refractivity contribution in [2.75, 3.05) is 0 Å². The molecule has 0 amide bonds. The van der Waals surface area contributed by atoms with Crippen LogP contribution in [0.15, 0.2) is 23.4 Å². The van der Waals surface area contributed by atoms with Crippen LogP contribution in [0, 0.1) is 13.8 Å². The molecule has 136 valence electrons. The molecule has 0 aliphatic heterocycles. The van der Waals surface area contributed by atoms with Gasteiger partial charge in [0, 0.05) is 10.4 Å². The Morgan fingerprint density at radius 1 is 1.31 bits per heavy atom. The van der Waals surface area contributed by atoms with Crippen LogP contribution in [0.25, 0.3) is 21.3 Å². The Morgan fingerprint density at radius 2 is 2.04 bits per heavy atom. The molecular weight excluding hydrogens is 388 g/mol. The van der Waals surface area contributed by atoms with Gasteiger partial charge in [0.25, 0.3) is 0 Å². The zero-order valence-corrected chi connectivity index (χ0v) is 17.3. The van der Waals surface area contributed by atoms with Gasteiger partial charge in [-0.1, -0.05) is 48.5 Å². The average molecular weight is 407 g/mol. The van der Waals surface area contributed by atoms with Crippen LogP contribution >= 0.6 is 34.7 Å². The predicted octanol–water partition coefficient (Wildman–Crippen LogP) is 5.76. The predicted molar refractivity (Wildman–Crippen MR) is 110 cm³/mol. The lowest BCUT2D eigenvalue weighted by atomic mass is 9.98. The molecule has 1 atom stereocenters. The summed E-state index contributed by atoms with van der Waals surface area (Å²) in [5.41, 5.74) is 4.67. The minimum atomic E-state index is -0.897. The van der Waals surface area contributed by atoms with E-state index in [0.29, 0.717) is 10.3 Å². The van der Waals surface area contributed by atoms with Crippen LogP contribution in [0.3, 0.4) is 0 Å². The third-order valence-electron chi connectivity index (χ3n) is 4.31. The van der Waals surface area contributed by atoms with E-state index in [9.17, 15) is 4.79 Å². The summed E-state index contributed by atoms with van der Waals surface area (Å²) >= 11 is 9.22. The number of aryl methyl sites for hydroxylation is 3. The molecule has 3 rings (SSSR count). The lowest BCUT2D eigenvalue weighted by Crippen LogP contribution is -2.11. The lowest BCUT2D eigenvalue weighted by Gasteiger charge is -2.08. The molecule has 0 saturated carbocycles. The van der Waals surface area contributed by atoms with Crippen molar-refractivity contribution < 1.29 is 9.90 Å². The number of carboxylic acids is 1. The van der Waals surface area contributed by atoms with Gasteiger partial charge in [0.1, 0.15) is 15.2 Å². The summed E-state index contributed by atoms with van der Waals surface area (Å²) in [6, 6.07) is 6.39. The molecule has 1 unspecified atom stereocenters. The number of carboxylic acid groups (broad SMARTS) is 1. The van der Waals surface area contributed by atoms with Gasteiger partial charge in [-0.3, -0.25) is 4.79 Å². The monoisotopic (exact) mass is 406 g/mol. The summed E-state index contributed by atoms with van der Waals surface area (Å²) in [7, 11) is 0. The maximum atomic E-state index is 11.1. The Hall–Kier alpha value is -1.63. The second-order valence-electron chi connectivity index (χ2n) is 6.13. The summed E-state index contributed by atoms with van der Waals surface area (Å²) in [5.74, 6) is -0.897. The van der Waals surface area contributed by atoms with Crippen LogP contribution < -0.4 is 0 Å². The van der Waals surface area contributed by atoms with Gasteiger partial charge in [-0.05, 0) is 43.9 Å². The smallest absolute Gasteiger partial charge is 0.316 e. The van der Waals surface area contributed by atoms with Crippen LogP contribution in [0.2, 0.25) is 5.15 Å². The summed E-state index contributed by atoms with van der Waals surface area (Å²) in [4.78, 5) is 22.0. The minimum Gasteiger partial charge on any atom is -0.480 e. The van der Waals surface area contributed by atoms with Crippen LogP contribution in [-0.4, -0.2) is 26.3 Å². The van der Waals surface area contributed by atoms with Gasteiger partial charge >= 0.3 is 5.97 Å². The van der Waals surface area contributed by atoms with Crippen LogP contribution in [0.1, 0.15) is 29.9 Å². The van der Waals surface area contributed by atoms with Crippen LogP contribution in [0.4, 0.5) is 0 Å². The van der Waals surface area contributed by atoms with Gasteiger partial charge in [-0.15, -0.1) is 11.3 Å². The van der Waals surface area contributed by atoms with Gasteiger partial charge in [0.2, 0.25) is 0 Å². The maximum Gasteiger partial charge on any atom is 0.316 e. The Labute approximate surface area is 165 Å². The van der Waals surface area contributed by atoms with E-state index in [4.69, 9.17) is 16.7 Å². The highest BCUT2D eigenvalue weighted by Gasteiger charge is 2.21. The second kappa shape index (κ2) is 7.55. The number of fused-ring (bicyclic) bond motifs is 1. The number of rotatable bonds is 5. The summed E-state index contributed by atoms with van der Waals surface area (Å²) in [5, 5.41) is 10.1. The molecule has 0 spiro atoms. The van der Waals surface area contributed by atoms with Crippen molar-refractivity contribution in [2.24, 2.45) is 0 Å². The van der Waals surface area contributed by atoms with Crippen LogP contribution in [0.5, 0.6) is 0 Å². The van der Waals surface area contributed by atoms with E-state index >= 15 is 0 Å². The number of aliphatic carboxylic acids is 1. The fourth-order valence-electron chi connectivity index (χ4n) is 2.70. The Morgan fingerprint density at radius 3 is 2.65 bits per heavy atom. The van der Waals surface area contributed by atoms with Crippen molar-refractivity contribution in [3.63, 3.8) is 0 Å². The highest BCUT2D eigenvalue weighted by molar-refractivity contribution is 8.00. The average Bonchev–Trinajstić information content (AvgIpc) is 2.96. The number of benzene rings is 1. The first kappa shape index (κ1) is 19.1. The summed E-state index contributed by atoms with van der Waals surface area (Å²) in [6.07, 6.45) is 0.869. The molecule has 4 nitrogen and oxygen atoms in total. The molecule has 0 fully saturated rings. The van der Waals surface area contributed by atoms with Crippen molar-refractivity contribution >= 4 is 50.9 Å². The lowest BCUT2D eigenvalue weighted by molar-refractivity contribution is -0.136. The standard InChI is InChI=1S/C19H19ClN2O2S2/c1-5-13-14(12-7-6-9(2)10(3)8-12)15-16(20)21-19(22-17(15)26-13)25-11(4)18(23)24/h6-8,11H,5H2,1-4H3,(H,23,24). The highest BCUT2D eigenvalue weighted by atomic mass is 35.5. The van der Waals surface area contributed by atoms with Gasteiger partial charge in [0.15, 0.2) is 5.16 Å². The van der Waals surface area contributed by atoms with Gasteiger partial charge in [-0.25, -0.2) is 9.97 Å². The molecule has 0 aliphatic rings. The Kier molecular flexibility index (Phi) is 5.55. The fraction of sp³-hybridized carbons (Fsp3) is 0.316. The third kappa shape index (κ3) is 3.59. The van der Waals surface area contributed by atoms with Crippen molar-refractivity contribution in [1.29, 1.82) is 0 Å². The molecule has 0 aliphatic carbocycles. The molecule has 2 heterocycles. The molecule has 3 aromatic rings. The summed E-state index contributed by atoms with van der Waals surface area (Å²) in [6.45, 7) is 7.91. The van der Waals surface area contributed by atoms with Crippen LogP contribution in [-0.2, 0) is 11.2 Å². The zero-order valence-electron chi connectivity index (χ0n) is 15.0. The number of carbonyl (C=O) groups is 1. The number of nitrogens with zero attached hydrogens (tertiary/aromatic N) is 2. The second-order valence-corrected chi connectivity index (χ2v) is 8.88. The largest absolute Gasteiger partial charge is 0.480 e. The SMILES string of the molecule is CCc1sc2nc(SC(C)C(=O)O)nc(Cl)c2c1-c1ccc(C)c(C)c1. The quantitative estimate of drug-likeness (QED) is 0.331. The Bertz CT molecular complexity index is 1000. The molecule has 7 heteroatoms. The van der Waals surface area contributed by atoms with Crippen molar-refractivity contribution in [3.8, 4) is 11.1 Å². The number of halogens is 1. The topological polar surface area (TPSA) is 63.1 Å². The molecule has 0 radical (unpaired) electrons. The molecule has 1 N–H and O–H groups in total. The molecule has 1 aromatic carbocycles. The number of thioether (sulfide) groups is 1. The van der Waals surface area contributed by atoms with Crippen molar-refractivity contribution in [1.82, 2.24) is 9.97 Å². The van der Waals surface area contributed by atoms with Crippen molar-refractivity contribution in [2.45, 2.75) is 44.5 Å². The zero-order chi connectivity index (χ0) is 19.0. The van der Waals surface area contributed by atoms with Gasteiger partial charge in [-0.2, -0.15) is 0 Å². The number of thiophene rings is 1. The normalized spacial score (nSPS) is 12.5. The van der Waals surface area contributed by atoms with E-state index in [1.54, 1.807) is 18.3 Å². The van der Waals surface area contributed by atoms with E-state index in [2.05, 4.69) is 48.9 Å². The first-order chi connectivity index (χ1) is 12.3. The molecule has 26 heavy (non-hydrogen) atoms. The van der Waals surface area contributed by atoms with E-state index in [0.717, 1.165) is 39.5 Å². The molecule has 0 saturated heterocycles. The molecular formula is C19H19ClN2O2S2. The number of hydrogen-bond donors (Lipinski definition) is 1. The minimum absolute atomic E-state index is 0.374. The number of aromatic nitrogens is 2. The Balaban J connectivity index is 2.17. The summed E-state index contributed by atoms with van der Waals surface area (Å²) < 4.78 is 0. The van der Waals surface area contributed by atoms with E-state index in [-0.39, 0.29) is 0 Å². The first-order valence-corrected chi connectivity index (χ1v) is 10.3.